The fourth-order valence-electron chi connectivity index (χ4n) is 5.99. The van der Waals surface area contributed by atoms with Crippen molar-refractivity contribution in [3.05, 3.63) is 26.6 Å². The van der Waals surface area contributed by atoms with Crippen molar-refractivity contribution in [1.29, 1.82) is 0 Å². The van der Waals surface area contributed by atoms with Gasteiger partial charge in [-0.3, -0.25) is 0 Å². The molecular formula is C18H24Br2N2. The Hall–Kier alpha value is -0.0600. The molecule has 1 aromatic rings. The van der Waals surface area contributed by atoms with Gasteiger partial charge in [-0.1, -0.05) is 22.9 Å². The average Bonchev–Trinajstić information content (AvgIpc) is 2.38. The van der Waals surface area contributed by atoms with Gasteiger partial charge in [0.2, 0.25) is 0 Å². The Balaban J connectivity index is 1.55. The number of nitrogen functional groups attached to an aromatic ring is 1. The van der Waals surface area contributed by atoms with Gasteiger partial charge in [0.1, 0.15) is 0 Å². The Morgan fingerprint density at radius 1 is 1.18 bits per heavy atom. The van der Waals surface area contributed by atoms with Gasteiger partial charge in [0.25, 0.3) is 0 Å². The molecule has 2 nitrogen and oxygen atoms in total. The number of halogens is 2. The van der Waals surface area contributed by atoms with Gasteiger partial charge in [0.15, 0.2) is 0 Å². The standard InChI is InChI=1S/C18H24Br2N2/c1-17-5-11-2-12(6-17)8-18(7-11,10-17)22-9-13-3-14(19)4-15(20)16(13)21/h3-4,11-12,22H,2,5-10,21H2,1H3. The van der Waals surface area contributed by atoms with Crippen molar-refractivity contribution in [2.24, 2.45) is 17.3 Å². The monoisotopic (exact) mass is 426 g/mol. The zero-order chi connectivity index (χ0) is 15.5. The number of rotatable bonds is 3. The molecule has 4 fully saturated rings. The summed E-state index contributed by atoms with van der Waals surface area (Å²) in [5, 5.41) is 3.94. The van der Waals surface area contributed by atoms with E-state index >= 15 is 0 Å². The molecule has 2 atom stereocenters. The molecule has 0 spiro atoms. The number of benzene rings is 1. The molecule has 0 radical (unpaired) electrons. The van der Waals surface area contributed by atoms with Crippen LogP contribution in [0.1, 0.15) is 51.0 Å². The van der Waals surface area contributed by atoms with Crippen molar-refractivity contribution in [3.63, 3.8) is 0 Å². The van der Waals surface area contributed by atoms with E-state index in [9.17, 15) is 0 Å². The van der Waals surface area contributed by atoms with Crippen LogP contribution in [0.5, 0.6) is 0 Å². The van der Waals surface area contributed by atoms with Crippen LogP contribution < -0.4 is 11.1 Å². The van der Waals surface area contributed by atoms with E-state index in [2.05, 4.69) is 50.2 Å². The molecule has 0 heterocycles. The van der Waals surface area contributed by atoms with Gasteiger partial charge in [-0.2, -0.15) is 0 Å². The van der Waals surface area contributed by atoms with Gasteiger partial charge in [0, 0.05) is 21.0 Å². The van der Waals surface area contributed by atoms with Crippen LogP contribution in [-0.2, 0) is 6.54 Å². The molecule has 3 N–H and O–H groups in total. The molecule has 4 saturated carbocycles. The highest BCUT2D eigenvalue weighted by molar-refractivity contribution is 9.11. The predicted octanol–water partition coefficient (Wildman–Crippen LogP) is 5.24. The van der Waals surface area contributed by atoms with E-state index in [1.54, 1.807) is 0 Å². The maximum absolute atomic E-state index is 6.25. The summed E-state index contributed by atoms with van der Waals surface area (Å²) in [6.07, 6.45) is 8.48. The third-order valence-electron chi connectivity index (χ3n) is 6.19. The van der Waals surface area contributed by atoms with E-state index in [1.165, 1.54) is 44.1 Å². The second kappa shape index (κ2) is 5.22. The van der Waals surface area contributed by atoms with Crippen LogP contribution in [0.25, 0.3) is 0 Å². The molecular weight excluding hydrogens is 404 g/mol. The van der Waals surface area contributed by atoms with Gasteiger partial charge < -0.3 is 11.1 Å². The van der Waals surface area contributed by atoms with Crippen molar-refractivity contribution in [2.45, 2.75) is 57.5 Å². The summed E-state index contributed by atoms with van der Waals surface area (Å²) < 4.78 is 2.07. The number of nitrogens with two attached hydrogens (primary N) is 1. The quantitative estimate of drug-likeness (QED) is 0.647. The predicted molar refractivity (Wildman–Crippen MR) is 98.6 cm³/mol. The van der Waals surface area contributed by atoms with E-state index in [1.807, 2.05) is 6.07 Å². The smallest absolute Gasteiger partial charge is 0.0504 e. The summed E-state index contributed by atoms with van der Waals surface area (Å²) in [7, 11) is 0. The van der Waals surface area contributed by atoms with Crippen LogP contribution in [0, 0.1) is 17.3 Å². The topological polar surface area (TPSA) is 38.0 Å². The summed E-state index contributed by atoms with van der Waals surface area (Å²) in [5.41, 5.74) is 9.26. The van der Waals surface area contributed by atoms with Crippen molar-refractivity contribution < 1.29 is 0 Å². The van der Waals surface area contributed by atoms with Crippen LogP contribution >= 0.6 is 31.9 Å². The molecule has 5 rings (SSSR count). The largest absolute Gasteiger partial charge is 0.398 e. The number of hydrogen-bond donors (Lipinski definition) is 2. The van der Waals surface area contributed by atoms with Gasteiger partial charge >= 0.3 is 0 Å². The lowest BCUT2D eigenvalue weighted by Gasteiger charge is -2.61. The SMILES string of the molecule is CC12CC3CC(C1)CC(NCc1cc(Br)cc(Br)c1N)(C3)C2. The number of anilines is 1. The molecule has 4 aliphatic rings. The van der Waals surface area contributed by atoms with E-state index in [-0.39, 0.29) is 0 Å². The Labute approximate surface area is 149 Å². The highest BCUT2D eigenvalue weighted by Crippen LogP contribution is 2.61. The van der Waals surface area contributed by atoms with Gasteiger partial charge in [-0.15, -0.1) is 0 Å². The van der Waals surface area contributed by atoms with Crippen LogP contribution in [0.2, 0.25) is 0 Å². The highest BCUT2D eigenvalue weighted by atomic mass is 79.9. The molecule has 4 bridgehead atoms. The lowest BCUT2D eigenvalue weighted by Crippen LogP contribution is -2.61. The van der Waals surface area contributed by atoms with E-state index in [0.29, 0.717) is 11.0 Å². The minimum Gasteiger partial charge on any atom is -0.398 e. The van der Waals surface area contributed by atoms with E-state index < -0.39 is 0 Å². The fraction of sp³-hybridized carbons (Fsp3) is 0.667. The molecule has 0 saturated heterocycles. The summed E-state index contributed by atoms with van der Waals surface area (Å²) in [6, 6.07) is 4.17. The number of hydrogen-bond acceptors (Lipinski definition) is 2. The first-order valence-corrected chi connectivity index (χ1v) is 9.94. The van der Waals surface area contributed by atoms with Gasteiger partial charge in [-0.25, -0.2) is 0 Å². The summed E-state index contributed by atoms with van der Waals surface area (Å²) in [5.74, 6) is 1.90. The van der Waals surface area contributed by atoms with Crippen molar-refractivity contribution >= 4 is 37.5 Å². The third kappa shape index (κ3) is 2.65. The van der Waals surface area contributed by atoms with Crippen molar-refractivity contribution in [1.82, 2.24) is 5.32 Å². The molecule has 2 unspecified atom stereocenters. The molecule has 120 valence electrons. The van der Waals surface area contributed by atoms with Gasteiger partial charge in [0.05, 0.1) is 5.69 Å². The minimum atomic E-state index is 0.361. The lowest BCUT2D eigenvalue weighted by molar-refractivity contribution is -0.0726. The molecule has 1 aromatic carbocycles. The first-order chi connectivity index (χ1) is 10.4. The Bertz CT molecular complexity index is 599. The van der Waals surface area contributed by atoms with Crippen LogP contribution in [0.15, 0.2) is 21.1 Å². The highest BCUT2D eigenvalue weighted by Gasteiger charge is 2.55. The molecule has 22 heavy (non-hydrogen) atoms. The molecule has 0 amide bonds. The average molecular weight is 428 g/mol. The zero-order valence-corrected chi connectivity index (χ0v) is 16.3. The first-order valence-electron chi connectivity index (χ1n) is 8.35. The van der Waals surface area contributed by atoms with Crippen molar-refractivity contribution in [3.8, 4) is 0 Å². The second-order valence-electron chi connectivity index (χ2n) is 8.37. The normalized spacial score (nSPS) is 39.4. The minimum absolute atomic E-state index is 0.361. The fourth-order valence-corrected chi connectivity index (χ4v) is 7.31. The lowest BCUT2D eigenvalue weighted by atomic mass is 9.47. The third-order valence-corrected chi connectivity index (χ3v) is 7.30. The van der Waals surface area contributed by atoms with Crippen LogP contribution in [0.4, 0.5) is 5.69 Å². The number of nitrogens with one attached hydrogen (secondary N) is 1. The zero-order valence-electron chi connectivity index (χ0n) is 13.1. The summed E-state index contributed by atoms with van der Waals surface area (Å²) in [6.45, 7) is 3.39. The Morgan fingerprint density at radius 3 is 2.50 bits per heavy atom. The second-order valence-corrected chi connectivity index (χ2v) is 10.1. The Morgan fingerprint density at radius 2 is 1.86 bits per heavy atom. The van der Waals surface area contributed by atoms with Crippen LogP contribution in [-0.4, -0.2) is 5.54 Å². The maximum atomic E-state index is 6.25. The maximum Gasteiger partial charge on any atom is 0.0504 e. The first kappa shape index (κ1) is 15.5. The Kier molecular flexibility index (Phi) is 3.67. The molecule has 4 aliphatic carbocycles. The summed E-state index contributed by atoms with van der Waals surface area (Å²) in [4.78, 5) is 0. The molecule has 4 heteroatoms. The van der Waals surface area contributed by atoms with E-state index in [4.69, 9.17) is 5.73 Å². The van der Waals surface area contributed by atoms with Crippen molar-refractivity contribution in [2.75, 3.05) is 5.73 Å². The molecule has 0 aliphatic heterocycles. The van der Waals surface area contributed by atoms with Crippen LogP contribution in [0.3, 0.4) is 0 Å². The molecule has 0 aromatic heterocycles. The summed E-state index contributed by atoms with van der Waals surface area (Å²) >= 11 is 7.13. The van der Waals surface area contributed by atoms with Gasteiger partial charge in [-0.05, 0) is 89.4 Å². The van der Waals surface area contributed by atoms with E-state index in [0.717, 1.165) is 33.0 Å².